The monoisotopic (exact) mass is 379 g/mol. The quantitative estimate of drug-likeness (QED) is 0.431. The number of nitro groups is 1. The normalized spacial score (nSPS) is 12.7. The molecule has 1 aliphatic rings. The first-order chi connectivity index (χ1) is 12.5. The van der Waals surface area contributed by atoms with Crippen molar-refractivity contribution >= 4 is 23.3 Å². The van der Waals surface area contributed by atoms with E-state index in [0.717, 1.165) is 0 Å². The van der Waals surface area contributed by atoms with Gasteiger partial charge in [0.05, 0.1) is 11.5 Å². The Bertz CT molecular complexity index is 823. The van der Waals surface area contributed by atoms with Crippen molar-refractivity contribution in [3.8, 4) is 11.5 Å². The van der Waals surface area contributed by atoms with Gasteiger partial charge in [-0.1, -0.05) is 11.6 Å². The third kappa shape index (κ3) is 4.41. The van der Waals surface area contributed by atoms with E-state index in [1.54, 1.807) is 24.3 Å². The van der Waals surface area contributed by atoms with Crippen LogP contribution < -0.4 is 9.47 Å². The fourth-order valence-corrected chi connectivity index (χ4v) is 2.49. The Balaban J connectivity index is 1.63. The number of carbonyl (C=O) groups excluding carboxylic acids is 1. The lowest BCUT2D eigenvalue weighted by molar-refractivity contribution is -0.385. The number of halogens is 1. The Hall–Kier alpha value is -2.84. The van der Waals surface area contributed by atoms with Crippen molar-refractivity contribution < 1.29 is 28.7 Å². The number of non-ortho nitro benzene ring substituents is 1. The maximum atomic E-state index is 11.9. The van der Waals surface area contributed by atoms with Gasteiger partial charge < -0.3 is 18.9 Å². The van der Waals surface area contributed by atoms with Gasteiger partial charge in [0.2, 0.25) is 0 Å². The van der Waals surface area contributed by atoms with Crippen molar-refractivity contribution in [1.29, 1.82) is 0 Å². The van der Waals surface area contributed by atoms with Crippen LogP contribution in [0, 0.1) is 10.1 Å². The first kappa shape index (κ1) is 18.0. The van der Waals surface area contributed by atoms with E-state index in [1.807, 2.05) is 0 Å². The van der Waals surface area contributed by atoms with Crippen molar-refractivity contribution in [2.45, 2.75) is 13.2 Å². The number of hydrogen-bond acceptors (Lipinski definition) is 7. The van der Waals surface area contributed by atoms with Gasteiger partial charge in [0.25, 0.3) is 5.69 Å². The summed E-state index contributed by atoms with van der Waals surface area (Å²) >= 11 is 5.77. The number of hydrogen-bond donors (Lipinski definition) is 0. The van der Waals surface area contributed by atoms with Crippen LogP contribution in [0.4, 0.5) is 5.69 Å². The molecule has 2 aromatic rings. The second-order valence-corrected chi connectivity index (χ2v) is 5.80. The summed E-state index contributed by atoms with van der Waals surface area (Å²) in [4.78, 5) is 22.4. The van der Waals surface area contributed by atoms with Gasteiger partial charge >= 0.3 is 5.97 Å². The van der Waals surface area contributed by atoms with Crippen LogP contribution in [0.3, 0.4) is 0 Å². The van der Waals surface area contributed by atoms with E-state index in [4.69, 9.17) is 30.5 Å². The number of rotatable bonds is 6. The molecule has 26 heavy (non-hydrogen) atoms. The van der Waals surface area contributed by atoms with E-state index in [-0.39, 0.29) is 32.3 Å². The number of benzene rings is 2. The van der Waals surface area contributed by atoms with Gasteiger partial charge in [-0.25, -0.2) is 4.79 Å². The molecular weight excluding hydrogens is 366 g/mol. The van der Waals surface area contributed by atoms with E-state index >= 15 is 0 Å². The highest BCUT2D eigenvalue weighted by atomic mass is 35.5. The number of nitrogens with zero attached hydrogens (tertiary/aromatic N) is 1. The summed E-state index contributed by atoms with van der Waals surface area (Å²) < 4.78 is 20.9. The molecule has 1 heterocycles. The minimum Gasteiger partial charge on any atom is -0.482 e. The lowest BCUT2D eigenvalue weighted by Crippen LogP contribution is -2.17. The van der Waals surface area contributed by atoms with Crippen LogP contribution in [0.5, 0.6) is 11.5 Å². The Morgan fingerprint density at radius 3 is 2.77 bits per heavy atom. The average molecular weight is 380 g/mol. The molecule has 136 valence electrons. The van der Waals surface area contributed by atoms with Crippen LogP contribution in [0.25, 0.3) is 0 Å². The van der Waals surface area contributed by atoms with Gasteiger partial charge in [-0.05, 0) is 24.3 Å². The van der Waals surface area contributed by atoms with Crippen LogP contribution in [0.1, 0.15) is 11.1 Å². The Labute approximate surface area is 153 Å². The van der Waals surface area contributed by atoms with E-state index in [0.29, 0.717) is 27.6 Å². The van der Waals surface area contributed by atoms with Gasteiger partial charge in [-0.2, -0.15) is 0 Å². The maximum absolute atomic E-state index is 11.9. The molecule has 0 aliphatic carbocycles. The number of nitro benzene ring substituents is 1. The van der Waals surface area contributed by atoms with Crippen LogP contribution in [0.15, 0.2) is 36.4 Å². The molecule has 0 spiro atoms. The number of carbonyl (C=O) groups is 1. The van der Waals surface area contributed by atoms with Gasteiger partial charge in [-0.3, -0.25) is 10.1 Å². The van der Waals surface area contributed by atoms with Crippen molar-refractivity contribution in [3.63, 3.8) is 0 Å². The largest absolute Gasteiger partial charge is 0.482 e. The fourth-order valence-electron chi connectivity index (χ4n) is 2.37. The SMILES string of the molecule is O=C(COc1ccc(Cl)cc1)OCc1cc([N+](=O)[O-])cc2c1OCOC2. The molecule has 0 N–H and O–H groups in total. The van der Waals surface area contributed by atoms with Gasteiger partial charge in [0.1, 0.15) is 18.1 Å². The standard InChI is InChI=1S/C17H14ClNO7/c18-13-1-3-15(4-2-13)24-9-16(20)25-8-12-6-14(19(21)22)5-11-7-23-10-26-17(11)12/h1-6H,7-10H2. The van der Waals surface area contributed by atoms with Crippen LogP contribution >= 0.6 is 11.6 Å². The van der Waals surface area contributed by atoms with E-state index in [9.17, 15) is 14.9 Å². The molecule has 0 amide bonds. The van der Waals surface area contributed by atoms with Crippen LogP contribution in [-0.2, 0) is 27.5 Å². The highest BCUT2D eigenvalue weighted by Gasteiger charge is 2.21. The average Bonchev–Trinajstić information content (AvgIpc) is 2.65. The summed E-state index contributed by atoms with van der Waals surface area (Å²) in [5.74, 6) is 0.292. The molecule has 0 unspecified atom stereocenters. The zero-order chi connectivity index (χ0) is 18.5. The van der Waals surface area contributed by atoms with E-state index < -0.39 is 10.9 Å². The topological polar surface area (TPSA) is 97.1 Å². The number of ether oxygens (including phenoxy) is 4. The molecule has 0 bridgehead atoms. The molecule has 8 nitrogen and oxygen atoms in total. The van der Waals surface area contributed by atoms with Gasteiger partial charge in [0, 0.05) is 28.3 Å². The Morgan fingerprint density at radius 2 is 2.04 bits per heavy atom. The van der Waals surface area contributed by atoms with Gasteiger partial charge in [-0.15, -0.1) is 0 Å². The van der Waals surface area contributed by atoms with Crippen LogP contribution in [-0.4, -0.2) is 24.3 Å². The number of fused-ring (bicyclic) bond motifs is 1. The van der Waals surface area contributed by atoms with Crippen molar-refractivity contribution in [3.05, 3.63) is 62.7 Å². The lowest BCUT2D eigenvalue weighted by atomic mass is 10.1. The second kappa shape index (κ2) is 8.03. The lowest BCUT2D eigenvalue weighted by Gasteiger charge is -2.20. The van der Waals surface area contributed by atoms with Gasteiger partial charge in [0.15, 0.2) is 13.4 Å². The maximum Gasteiger partial charge on any atom is 0.344 e. The molecule has 0 atom stereocenters. The molecule has 0 saturated heterocycles. The van der Waals surface area contributed by atoms with Crippen molar-refractivity contribution in [2.24, 2.45) is 0 Å². The summed E-state index contributed by atoms with van der Waals surface area (Å²) in [6, 6.07) is 9.22. The fraction of sp³-hybridized carbons (Fsp3) is 0.235. The zero-order valence-corrected chi connectivity index (χ0v) is 14.2. The highest BCUT2D eigenvalue weighted by molar-refractivity contribution is 6.30. The first-order valence-corrected chi connectivity index (χ1v) is 7.95. The minimum absolute atomic E-state index is 0.0332. The highest BCUT2D eigenvalue weighted by Crippen LogP contribution is 2.33. The first-order valence-electron chi connectivity index (χ1n) is 7.57. The van der Waals surface area contributed by atoms with Crippen molar-refractivity contribution in [2.75, 3.05) is 13.4 Å². The Morgan fingerprint density at radius 1 is 1.27 bits per heavy atom. The molecule has 0 fully saturated rings. The molecule has 1 aliphatic heterocycles. The predicted molar refractivity (Wildman–Crippen MR) is 90.1 cm³/mol. The number of esters is 1. The zero-order valence-electron chi connectivity index (χ0n) is 13.5. The third-order valence-electron chi connectivity index (χ3n) is 3.54. The third-order valence-corrected chi connectivity index (χ3v) is 3.79. The second-order valence-electron chi connectivity index (χ2n) is 5.36. The summed E-state index contributed by atoms with van der Waals surface area (Å²) in [6.07, 6.45) is 0. The summed E-state index contributed by atoms with van der Waals surface area (Å²) in [5.41, 5.74) is 0.813. The van der Waals surface area contributed by atoms with E-state index in [1.165, 1.54) is 12.1 Å². The molecule has 2 aromatic carbocycles. The predicted octanol–water partition coefficient (Wildman–Crippen LogP) is 3.24. The summed E-state index contributed by atoms with van der Waals surface area (Å²) in [7, 11) is 0. The minimum atomic E-state index is -0.618. The Kier molecular flexibility index (Phi) is 5.55. The molecule has 0 saturated carbocycles. The molecule has 3 rings (SSSR count). The molecule has 9 heteroatoms. The molecule has 0 radical (unpaired) electrons. The van der Waals surface area contributed by atoms with E-state index in [2.05, 4.69) is 0 Å². The van der Waals surface area contributed by atoms with Crippen molar-refractivity contribution in [1.82, 2.24) is 0 Å². The summed E-state index contributed by atoms with van der Waals surface area (Å²) in [5, 5.41) is 11.6. The van der Waals surface area contributed by atoms with Crippen LogP contribution in [0.2, 0.25) is 5.02 Å². The summed E-state index contributed by atoms with van der Waals surface area (Å²) in [6.45, 7) is -0.251. The molecular formula is C17H14ClNO7. The molecule has 0 aromatic heterocycles. The smallest absolute Gasteiger partial charge is 0.344 e.